The zero-order valence-electron chi connectivity index (χ0n) is 16.8. The summed E-state index contributed by atoms with van der Waals surface area (Å²) < 4.78 is 31.1. The van der Waals surface area contributed by atoms with Crippen LogP contribution in [0.15, 0.2) is 35.3 Å². The fraction of sp³-hybridized carbons (Fsp3) is 0.450. The number of nitrogens with zero attached hydrogens (tertiary/aromatic N) is 1. The Kier molecular flexibility index (Phi) is 6.17. The molecule has 0 unspecified atom stereocenters. The molecule has 0 aliphatic rings. The Morgan fingerprint density at radius 3 is 2.33 bits per heavy atom. The van der Waals surface area contributed by atoms with Gasteiger partial charge < -0.3 is 9.72 Å². The number of ether oxygens (including phenoxy) is 1. The molecule has 2 aromatic rings. The van der Waals surface area contributed by atoms with Crippen molar-refractivity contribution in [3.05, 3.63) is 51.9 Å². The van der Waals surface area contributed by atoms with Gasteiger partial charge in [-0.1, -0.05) is 27.7 Å². The van der Waals surface area contributed by atoms with E-state index in [9.17, 15) is 13.2 Å². The first-order valence-corrected chi connectivity index (χ1v) is 10.7. The maximum Gasteiger partial charge on any atom is 0.255 e. The third-order valence-electron chi connectivity index (χ3n) is 4.51. The van der Waals surface area contributed by atoms with Gasteiger partial charge in [0.05, 0.1) is 13.4 Å². The van der Waals surface area contributed by atoms with E-state index in [1.54, 1.807) is 32.4 Å². The Balaban J connectivity index is 2.78. The van der Waals surface area contributed by atoms with Gasteiger partial charge in [-0.15, -0.1) is 0 Å². The van der Waals surface area contributed by atoms with Crippen molar-refractivity contribution in [1.29, 1.82) is 0 Å². The lowest BCUT2D eigenvalue weighted by Crippen LogP contribution is -2.29. The van der Waals surface area contributed by atoms with E-state index in [4.69, 9.17) is 4.74 Å². The summed E-state index contributed by atoms with van der Waals surface area (Å²) in [5.41, 5.74) is 2.47. The molecule has 1 aromatic carbocycles. The lowest BCUT2D eigenvalue weighted by atomic mass is 9.83. The highest BCUT2D eigenvalue weighted by molar-refractivity contribution is 7.88. The number of rotatable bonds is 6. The third-order valence-corrected chi connectivity index (χ3v) is 5.84. The van der Waals surface area contributed by atoms with Crippen LogP contribution in [0.4, 0.5) is 0 Å². The maximum atomic E-state index is 12.4. The molecule has 2 rings (SSSR count). The van der Waals surface area contributed by atoms with Gasteiger partial charge in [0.1, 0.15) is 5.75 Å². The number of sulfonamides is 1. The van der Waals surface area contributed by atoms with Gasteiger partial charge in [0.15, 0.2) is 0 Å². The summed E-state index contributed by atoms with van der Waals surface area (Å²) in [5, 5.41) is 0. The summed E-state index contributed by atoms with van der Waals surface area (Å²) in [6.07, 6.45) is 2.76. The van der Waals surface area contributed by atoms with Gasteiger partial charge in [0.2, 0.25) is 10.0 Å². The first kappa shape index (κ1) is 21.2. The van der Waals surface area contributed by atoms with Crippen LogP contribution in [0.1, 0.15) is 38.8 Å². The fourth-order valence-electron chi connectivity index (χ4n) is 3.05. The molecule has 0 bridgehead atoms. The van der Waals surface area contributed by atoms with E-state index in [0.717, 1.165) is 11.1 Å². The van der Waals surface area contributed by atoms with Crippen LogP contribution in [-0.4, -0.2) is 37.6 Å². The van der Waals surface area contributed by atoms with E-state index in [0.29, 0.717) is 23.4 Å². The van der Waals surface area contributed by atoms with Gasteiger partial charge in [-0.3, -0.25) is 4.79 Å². The SMILES string of the molecule is CCN(Cc1cc(OC)c(C(C)(C)C)cc1-c1ccc[nH]c1=O)S(C)(=O)=O. The molecule has 1 heterocycles. The average Bonchev–Trinajstić information content (AvgIpc) is 2.57. The summed E-state index contributed by atoms with van der Waals surface area (Å²) in [6.45, 7) is 8.50. The predicted octanol–water partition coefficient (Wildman–Crippen LogP) is 3.13. The number of H-pyrrole nitrogens is 1. The second-order valence-corrected chi connectivity index (χ2v) is 9.54. The minimum Gasteiger partial charge on any atom is -0.496 e. The molecule has 148 valence electrons. The van der Waals surface area contributed by atoms with Crippen molar-refractivity contribution in [1.82, 2.24) is 9.29 Å². The molecule has 0 atom stereocenters. The fourth-order valence-corrected chi connectivity index (χ4v) is 3.89. The molecule has 0 radical (unpaired) electrons. The summed E-state index contributed by atoms with van der Waals surface area (Å²) in [5.74, 6) is 0.679. The Morgan fingerprint density at radius 1 is 1.19 bits per heavy atom. The average molecular weight is 393 g/mol. The molecule has 1 aromatic heterocycles. The van der Waals surface area contributed by atoms with Crippen LogP contribution in [0.5, 0.6) is 5.75 Å². The van der Waals surface area contributed by atoms with E-state index in [-0.39, 0.29) is 17.5 Å². The number of hydrogen-bond acceptors (Lipinski definition) is 4. The maximum absolute atomic E-state index is 12.4. The van der Waals surface area contributed by atoms with Gasteiger partial charge in [-0.05, 0) is 40.8 Å². The molecule has 27 heavy (non-hydrogen) atoms. The minimum absolute atomic E-state index is 0.166. The standard InChI is InChI=1S/C20H28N2O4S/c1-7-22(27(6,24)25)13-14-11-18(26-5)17(20(2,3)4)12-16(14)15-9-8-10-21-19(15)23/h8-12H,7,13H2,1-6H3,(H,21,23). The van der Waals surface area contributed by atoms with Crippen molar-refractivity contribution < 1.29 is 13.2 Å². The Hall–Kier alpha value is -2.12. The van der Waals surface area contributed by atoms with Gasteiger partial charge in [0, 0.05) is 30.4 Å². The normalized spacial score (nSPS) is 12.4. The highest BCUT2D eigenvalue weighted by atomic mass is 32.2. The zero-order valence-corrected chi connectivity index (χ0v) is 17.6. The van der Waals surface area contributed by atoms with E-state index < -0.39 is 10.0 Å². The summed E-state index contributed by atoms with van der Waals surface area (Å²) in [6, 6.07) is 7.29. The molecule has 0 saturated heterocycles. The van der Waals surface area contributed by atoms with Crippen molar-refractivity contribution >= 4 is 10.0 Å². The molecule has 0 aliphatic heterocycles. The zero-order chi connectivity index (χ0) is 20.4. The third kappa shape index (κ3) is 4.78. The number of aromatic nitrogens is 1. The molecule has 1 N–H and O–H groups in total. The van der Waals surface area contributed by atoms with Crippen LogP contribution in [-0.2, 0) is 22.0 Å². The molecule has 0 amide bonds. The lowest BCUT2D eigenvalue weighted by Gasteiger charge is -2.26. The Morgan fingerprint density at radius 2 is 1.85 bits per heavy atom. The number of hydrogen-bond donors (Lipinski definition) is 1. The Labute approximate surface area is 161 Å². The van der Waals surface area contributed by atoms with Crippen LogP contribution in [0.2, 0.25) is 0 Å². The van der Waals surface area contributed by atoms with E-state index >= 15 is 0 Å². The first-order valence-electron chi connectivity index (χ1n) is 8.83. The highest BCUT2D eigenvalue weighted by Crippen LogP contribution is 2.37. The van der Waals surface area contributed by atoms with Crippen LogP contribution >= 0.6 is 0 Å². The minimum atomic E-state index is -3.37. The molecule has 7 heteroatoms. The second kappa shape index (κ2) is 7.86. The number of benzene rings is 1. The molecule has 0 spiro atoms. The smallest absolute Gasteiger partial charge is 0.255 e. The predicted molar refractivity (Wildman–Crippen MR) is 109 cm³/mol. The van der Waals surface area contributed by atoms with Gasteiger partial charge >= 0.3 is 0 Å². The summed E-state index contributed by atoms with van der Waals surface area (Å²) >= 11 is 0. The van der Waals surface area contributed by atoms with Crippen molar-refractivity contribution in [2.24, 2.45) is 0 Å². The van der Waals surface area contributed by atoms with Crippen molar-refractivity contribution in [3.63, 3.8) is 0 Å². The van der Waals surface area contributed by atoms with Crippen LogP contribution < -0.4 is 10.3 Å². The number of pyridine rings is 1. The molecule has 0 saturated carbocycles. The molecular weight excluding hydrogens is 364 g/mol. The molecular formula is C20H28N2O4S. The van der Waals surface area contributed by atoms with Gasteiger partial charge in [-0.25, -0.2) is 8.42 Å². The molecule has 0 fully saturated rings. The van der Waals surface area contributed by atoms with Crippen LogP contribution in [0, 0.1) is 0 Å². The monoisotopic (exact) mass is 392 g/mol. The van der Waals surface area contributed by atoms with E-state index in [1.807, 2.05) is 12.1 Å². The molecule has 0 aliphatic carbocycles. The number of methoxy groups -OCH3 is 1. The van der Waals surface area contributed by atoms with Crippen molar-refractivity contribution in [3.8, 4) is 16.9 Å². The quantitative estimate of drug-likeness (QED) is 0.819. The highest BCUT2D eigenvalue weighted by Gasteiger charge is 2.24. The Bertz CT molecular complexity index is 972. The van der Waals surface area contributed by atoms with E-state index in [2.05, 4.69) is 25.8 Å². The van der Waals surface area contributed by atoms with Crippen molar-refractivity contribution in [2.45, 2.75) is 39.7 Å². The number of aromatic amines is 1. The summed E-state index contributed by atoms with van der Waals surface area (Å²) in [4.78, 5) is 15.1. The molecule has 6 nitrogen and oxygen atoms in total. The first-order chi connectivity index (χ1) is 12.5. The van der Waals surface area contributed by atoms with E-state index in [1.165, 1.54) is 10.6 Å². The van der Waals surface area contributed by atoms with Crippen LogP contribution in [0.25, 0.3) is 11.1 Å². The second-order valence-electron chi connectivity index (χ2n) is 7.56. The number of nitrogens with one attached hydrogen (secondary N) is 1. The lowest BCUT2D eigenvalue weighted by molar-refractivity contribution is 0.393. The van der Waals surface area contributed by atoms with Crippen LogP contribution in [0.3, 0.4) is 0 Å². The topological polar surface area (TPSA) is 79.5 Å². The van der Waals surface area contributed by atoms with Gasteiger partial charge in [0.25, 0.3) is 5.56 Å². The van der Waals surface area contributed by atoms with Gasteiger partial charge in [-0.2, -0.15) is 4.31 Å². The van der Waals surface area contributed by atoms with Crippen molar-refractivity contribution in [2.75, 3.05) is 19.9 Å². The summed E-state index contributed by atoms with van der Waals surface area (Å²) in [7, 11) is -1.78. The largest absolute Gasteiger partial charge is 0.496 e.